The highest BCUT2D eigenvalue weighted by atomic mass is 32.2. The molecule has 0 saturated carbocycles. The van der Waals surface area contributed by atoms with Crippen molar-refractivity contribution in [2.45, 2.75) is 11.8 Å². The number of hydrogen-bond donors (Lipinski definition) is 2. The Balaban J connectivity index is 2.62. The van der Waals surface area contributed by atoms with Gasteiger partial charge in [0.25, 0.3) is 0 Å². The van der Waals surface area contributed by atoms with E-state index >= 15 is 0 Å². The summed E-state index contributed by atoms with van der Waals surface area (Å²) in [6.45, 7) is 5.86. The third-order valence-electron chi connectivity index (χ3n) is 2.45. The van der Waals surface area contributed by atoms with Crippen molar-refractivity contribution < 1.29 is 13.2 Å². The van der Waals surface area contributed by atoms with Gasteiger partial charge in [-0.2, -0.15) is 0 Å². The first kappa shape index (κ1) is 15.4. The van der Waals surface area contributed by atoms with Gasteiger partial charge in [-0.3, -0.25) is 4.79 Å². The molecule has 0 heterocycles. The number of rotatable bonds is 7. The lowest BCUT2D eigenvalue weighted by atomic mass is 10.3. The molecule has 0 aliphatic heterocycles. The monoisotopic (exact) mass is 282 g/mol. The normalized spacial score (nSPS) is 11.0. The molecule has 0 aliphatic carbocycles. The second-order valence-corrected chi connectivity index (χ2v) is 6.17. The molecule has 1 aromatic rings. The van der Waals surface area contributed by atoms with Crippen LogP contribution in [0.4, 0.5) is 5.69 Å². The summed E-state index contributed by atoms with van der Waals surface area (Å²) in [6, 6.07) is 6.14. The van der Waals surface area contributed by atoms with E-state index in [0.717, 1.165) is 0 Å². The number of sulfone groups is 1. The van der Waals surface area contributed by atoms with E-state index in [1.807, 2.05) is 0 Å². The van der Waals surface area contributed by atoms with Gasteiger partial charge in [-0.05, 0) is 24.3 Å². The Morgan fingerprint density at radius 2 is 1.95 bits per heavy atom. The molecule has 1 amide bonds. The van der Waals surface area contributed by atoms with Crippen LogP contribution in [-0.2, 0) is 14.6 Å². The van der Waals surface area contributed by atoms with Gasteiger partial charge < -0.3 is 10.6 Å². The van der Waals surface area contributed by atoms with Crippen molar-refractivity contribution in [3.63, 3.8) is 0 Å². The molecule has 1 rings (SSSR count). The highest BCUT2D eigenvalue weighted by Crippen LogP contribution is 2.15. The standard InChI is InChI=1S/C13H18N2O3S/c1-3-9-14-10-13(16)15-11-5-7-12(8-6-11)19(17,18)4-2/h3,5-8,14H,1,4,9-10H2,2H3,(H,15,16). The van der Waals surface area contributed by atoms with Gasteiger partial charge in [0, 0.05) is 12.2 Å². The minimum atomic E-state index is -3.20. The topological polar surface area (TPSA) is 75.3 Å². The lowest BCUT2D eigenvalue weighted by Gasteiger charge is -2.07. The summed E-state index contributed by atoms with van der Waals surface area (Å²) in [4.78, 5) is 11.8. The first-order valence-electron chi connectivity index (χ1n) is 5.94. The molecule has 0 bridgehead atoms. The van der Waals surface area contributed by atoms with E-state index in [1.54, 1.807) is 25.1 Å². The molecule has 0 atom stereocenters. The average Bonchev–Trinajstić information content (AvgIpc) is 2.39. The van der Waals surface area contributed by atoms with Crippen LogP contribution >= 0.6 is 0 Å². The molecule has 0 saturated heterocycles. The summed E-state index contributed by atoms with van der Waals surface area (Å²) >= 11 is 0. The van der Waals surface area contributed by atoms with Crippen molar-refractivity contribution in [1.82, 2.24) is 5.32 Å². The molecule has 19 heavy (non-hydrogen) atoms. The molecule has 0 unspecified atom stereocenters. The summed E-state index contributed by atoms with van der Waals surface area (Å²) in [6.07, 6.45) is 1.66. The van der Waals surface area contributed by atoms with E-state index in [4.69, 9.17) is 0 Å². The zero-order valence-corrected chi connectivity index (χ0v) is 11.7. The Morgan fingerprint density at radius 3 is 2.47 bits per heavy atom. The van der Waals surface area contributed by atoms with Gasteiger partial charge in [0.15, 0.2) is 9.84 Å². The number of hydrogen-bond acceptors (Lipinski definition) is 4. The van der Waals surface area contributed by atoms with Crippen LogP contribution in [-0.4, -0.2) is 33.2 Å². The number of carbonyl (C=O) groups is 1. The van der Waals surface area contributed by atoms with Crippen LogP contribution < -0.4 is 10.6 Å². The smallest absolute Gasteiger partial charge is 0.238 e. The van der Waals surface area contributed by atoms with Crippen LogP contribution in [0.3, 0.4) is 0 Å². The average molecular weight is 282 g/mol. The number of nitrogens with one attached hydrogen (secondary N) is 2. The van der Waals surface area contributed by atoms with E-state index in [2.05, 4.69) is 17.2 Å². The van der Waals surface area contributed by atoms with Gasteiger partial charge in [-0.1, -0.05) is 13.0 Å². The number of anilines is 1. The molecule has 0 spiro atoms. The fraction of sp³-hybridized carbons (Fsp3) is 0.308. The van der Waals surface area contributed by atoms with E-state index in [1.165, 1.54) is 12.1 Å². The molecular formula is C13H18N2O3S. The second-order valence-electron chi connectivity index (χ2n) is 3.90. The molecule has 104 valence electrons. The zero-order valence-electron chi connectivity index (χ0n) is 10.8. The third kappa shape index (κ3) is 4.84. The number of amides is 1. The van der Waals surface area contributed by atoms with Gasteiger partial charge in [-0.25, -0.2) is 8.42 Å². The Bertz CT molecular complexity index is 536. The minimum absolute atomic E-state index is 0.0597. The summed E-state index contributed by atoms with van der Waals surface area (Å²) in [5.41, 5.74) is 0.570. The third-order valence-corrected chi connectivity index (χ3v) is 4.20. The first-order chi connectivity index (χ1) is 8.99. The van der Waals surface area contributed by atoms with Crippen LogP contribution in [0, 0.1) is 0 Å². The molecule has 1 aromatic carbocycles. The predicted octanol–water partition coefficient (Wildman–Crippen LogP) is 1.19. The lowest BCUT2D eigenvalue weighted by molar-refractivity contribution is -0.115. The fourth-order valence-electron chi connectivity index (χ4n) is 1.41. The maximum Gasteiger partial charge on any atom is 0.238 e. The van der Waals surface area contributed by atoms with Gasteiger partial charge in [-0.15, -0.1) is 6.58 Å². The van der Waals surface area contributed by atoms with Crippen molar-refractivity contribution in [3.8, 4) is 0 Å². The zero-order chi connectivity index (χ0) is 14.3. The molecule has 5 nitrogen and oxygen atoms in total. The molecule has 0 aliphatic rings. The first-order valence-corrected chi connectivity index (χ1v) is 7.59. The van der Waals surface area contributed by atoms with Gasteiger partial charge in [0.1, 0.15) is 0 Å². The van der Waals surface area contributed by atoms with E-state index in [9.17, 15) is 13.2 Å². The van der Waals surface area contributed by atoms with E-state index in [0.29, 0.717) is 12.2 Å². The van der Waals surface area contributed by atoms with Crippen molar-refractivity contribution in [3.05, 3.63) is 36.9 Å². The molecule has 6 heteroatoms. The number of carbonyl (C=O) groups excluding carboxylic acids is 1. The van der Waals surface area contributed by atoms with Crippen LogP contribution in [0.2, 0.25) is 0 Å². The highest BCUT2D eigenvalue weighted by molar-refractivity contribution is 7.91. The van der Waals surface area contributed by atoms with Crippen LogP contribution in [0.25, 0.3) is 0 Å². The van der Waals surface area contributed by atoms with Crippen LogP contribution in [0.15, 0.2) is 41.8 Å². The van der Waals surface area contributed by atoms with Crippen molar-refractivity contribution in [2.75, 3.05) is 24.2 Å². The summed E-state index contributed by atoms with van der Waals surface area (Å²) < 4.78 is 23.2. The Kier molecular flexibility index (Phi) is 5.72. The van der Waals surface area contributed by atoms with Crippen molar-refractivity contribution >= 4 is 21.4 Å². The molecular weight excluding hydrogens is 264 g/mol. The van der Waals surface area contributed by atoms with Gasteiger partial charge in [0.2, 0.25) is 5.91 Å². The van der Waals surface area contributed by atoms with Gasteiger partial charge >= 0.3 is 0 Å². The number of benzene rings is 1. The quantitative estimate of drug-likeness (QED) is 0.582. The Hall–Kier alpha value is -1.66. The molecule has 0 aromatic heterocycles. The summed E-state index contributed by atoms with van der Waals surface area (Å²) in [7, 11) is -3.20. The minimum Gasteiger partial charge on any atom is -0.325 e. The highest BCUT2D eigenvalue weighted by Gasteiger charge is 2.11. The van der Waals surface area contributed by atoms with Crippen molar-refractivity contribution in [1.29, 1.82) is 0 Å². The predicted molar refractivity (Wildman–Crippen MR) is 75.9 cm³/mol. The molecule has 0 radical (unpaired) electrons. The summed E-state index contributed by atoms with van der Waals surface area (Å²) in [5.74, 6) is -0.127. The Labute approximate surface area is 113 Å². The second kappa shape index (κ2) is 7.06. The maximum absolute atomic E-state index is 11.6. The van der Waals surface area contributed by atoms with E-state index in [-0.39, 0.29) is 23.1 Å². The van der Waals surface area contributed by atoms with Crippen LogP contribution in [0.1, 0.15) is 6.92 Å². The Morgan fingerprint density at radius 1 is 1.32 bits per heavy atom. The fourth-order valence-corrected chi connectivity index (χ4v) is 2.29. The maximum atomic E-state index is 11.6. The molecule has 0 fully saturated rings. The van der Waals surface area contributed by atoms with Crippen LogP contribution in [0.5, 0.6) is 0 Å². The summed E-state index contributed by atoms with van der Waals surface area (Å²) in [5, 5.41) is 5.54. The molecule has 2 N–H and O–H groups in total. The van der Waals surface area contributed by atoms with E-state index < -0.39 is 9.84 Å². The van der Waals surface area contributed by atoms with Gasteiger partial charge in [0.05, 0.1) is 17.2 Å². The lowest BCUT2D eigenvalue weighted by Crippen LogP contribution is -2.28. The SMILES string of the molecule is C=CCNCC(=O)Nc1ccc(S(=O)(=O)CC)cc1. The van der Waals surface area contributed by atoms with Crippen molar-refractivity contribution in [2.24, 2.45) is 0 Å². The largest absolute Gasteiger partial charge is 0.325 e.